The third kappa shape index (κ3) is 4.62. The molecule has 1 aliphatic carbocycles. The summed E-state index contributed by atoms with van der Waals surface area (Å²) >= 11 is 0. The van der Waals surface area contributed by atoms with Crippen molar-refractivity contribution in [2.24, 2.45) is 0 Å². The Bertz CT molecular complexity index is 1070. The van der Waals surface area contributed by atoms with Gasteiger partial charge in [0.2, 0.25) is 5.88 Å². The Kier molecular flexibility index (Phi) is 6.07. The number of amides is 1. The van der Waals surface area contributed by atoms with E-state index in [2.05, 4.69) is 38.7 Å². The number of nitrogens with one attached hydrogen (secondary N) is 1. The first-order valence-corrected chi connectivity index (χ1v) is 11.2. The molecule has 0 spiro atoms. The molecular weight excluding hydrogens is 404 g/mol. The van der Waals surface area contributed by atoms with E-state index in [1.54, 1.807) is 30.7 Å². The van der Waals surface area contributed by atoms with Crippen molar-refractivity contribution in [2.45, 2.75) is 44.2 Å². The third-order valence-corrected chi connectivity index (χ3v) is 6.12. The molecule has 1 aromatic carbocycles. The van der Waals surface area contributed by atoms with Crippen molar-refractivity contribution >= 4 is 5.91 Å². The SMILES string of the molecule is O=C(N[C@@H]1CCc2cccc(-c3ccnnc3)c2C1)c1ccc(OC2CCCOC2)nc1. The number of carbonyl (C=O) groups excluding carboxylic acids is 1. The van der Waals surface area contributed by atoms with Gasteiger partial charge in [-0.3, -0.25) is 4.79 Å². The monoisotopic (exact) mass is 430 g/mol. The number of aromatic nitrogens is 3. The van der Waals surface area contributed by atoms with E-state index in [-0.39, 0.29) is 18.1 Å². The van der Waals surface area contributed by atoms with Crippen LogP contribution in [0.25, 0.3) is 11.1 Å². The quantitative estimate of drug-likeness (QED) is 0.668. The predicted octanol–water partition coefficient (Wildman–Crippen LogP) is 3.38. The Balaban J connectivity index is 1.24. The molecule has 1 aliphatic heterocycles. The highest BCUT2D eigenvalue weighted by molar-refractivity contribution is 5.94. The minimum Gasteiger partial charge on any atom is -0.472 e. The van der Waals surface area contributed by atoms with E-state index < -0.39 is 0 Å². The highest BCUT2D eigenvalue weighted by Gasteiger charge is 2.23. The zero-order chi connectivity index (χ0) is 21.8. The number of hydrogen-bond donors (Lipinski definition) is 1. The summed E-state index contributed by atoms with van der Waals surface area (Å²) in [5, 5.41) is 11.1. The van der Waals surface area contributed by atoms with Crippen molar-refractivity contribution in [1.29, 1.82) is 0 Å². The molecule has 1 N–H and O–H groups in total. The van der Waals surface area contributed by atoms with Gasteiger partial charge in [-0.05, 0) is 60.9 Å². The molecule has 7 nitrogen and oxygen atoms in total. The fourth-order valence-corrected chi connectivity index (χ4v) is 4.46. The normalized spacial score (nSPS) is 20.2. The molecule has 2 aromatic heterocycles. The van der Waals surface area contributed by atoms with Crippen LogP contribution in [-0.4, -0.2) is 46.4 Å². The second kappa shape index (κ2) is 9.44. The van der Waals surface area contributed by atoms with Gasteiger partial charge in [-0.15, -0.1) is 0 Å². The lowest BCUT2D eigenvalue weighted by atomic mass is 9.83. The summed E-state index contributed by atoms with van der Waals surface area (Å²) in [4.78, 5) is 17.2. The molecule has 32 heavy (non-hydrogen) atoms. The molecule has 2 atom stereocenters. The second-order valence-electron chi connectivity index (χ2n) is 8.33. The van der Waals surface area contributed by atoms with Gasteiger partial charge in [0.25, 0.3) is 5.91 Å². The van der Waals surface area contributed by atoms with E-state index in [0.29, 0.717) is 18.1 Å². The first-order valence-electron chi connectivity index (χ1n) is 11.2. The van der Waals surface area contributed by atoms with Crippen LogP contribution >= 0.6 is 0 Å². The molecule has 1 fully saturated rings. The highest BCUT2D eigenvalue weighted by atomic mass is 16.5. The summed E-state index contributed by atoms with van der Waals surface area (Å²) in [5.74, 6) is 0.417. The molecule has 1 saturated heterocycles. The molecule has 3 aromatic rings. The molecule has 3 heterocycles. The van der Waals surface area contributed by atoms with Gasteiger partial charge >= 0.3 is 0 Å². The van der Waals surface area contributed by atoms with E-state index >= 15 is 0 Å². The van der Waals surface area contributed by atoms with E-state index in [4.69, 9.17) is 9.47 Å². The lowest BCUT2D eigenvalue weighted by Gasteiger charge is -2.27. The number of nitrogens with zero attached hydrogens (tertiary/aromatic N) is 3. The van der Waals surface area contributed by atoms with Gasteiger partial charge in [-0.25, -0.2) is 4.98 Å². The second-order valence-corrected chi connectivity index (χ2v) is 8.33. The smallest absolute Gasteiger partial charge is 0.253 e. The zero-order valence-corrected chi connectivity index (χ0v) is 17.9. The summed E-state index contributed by atoms with van der Waals surface area (Å²) in [7, 11) is 0. The van der Waals surface area contributed by atoms with Gasteiger partial charge < -0.3 is 14.8 Å². The van der Waals surface area contributed by atoms with Crippen LogP contribution in [0.4, 0.5) is 0 Å². The van der Waals surface area contributed by atoms with Gasteiger partial charge in [-0.1, -0.05) is 18.2 Å². The zero-order valence-electron chi connectivity index (χ0n) is 17.9. The molecule has 164 valence electrons. The topological polar surface area (TPSA) is 86.2 Å². The minimum atomic E-state index is -0.110. The number of rotatable bonds is 5. The predicted molar refractivity (Wildman–Crippen MR) is 119 cm³/mol. The van der Waals surface area contributed by atoms with Crippen molar-refractivity contribution in [3.8, 4) is 17.0 Å². The Morgan fingerprint density at radius 1 is 1.09 bits per heavy atom. The first kappa shape index (κ1) is 20.6. The van der Waals surface area contributed by atoms with Gasteiger partial charge in [0.05, 0.1) is 24.6 Å². The van der Waals surface area contributed by atoms with Crippen LogP contribution in [-0.2, 0) is 17.6 Å². The average Bonchev–Trinajstić information content (AvgIpc) is 2.85. The van der Waals surface area contributed by atoms with Crippen LogP contribution in [0.15, 0.2) is 55.0 Å². The summed E-state index contributed by atoms with van der Waals surface area (Å²) < 4.78 is 11.3. The Labute approximate surface area is 187 Å². The Morgan fingerprint density at radius 3 is 2.84 bits per heavy atom. The number of ether oxygens (including phenoxy) is 2. The van der Waals surface area contributed by atoms with Crippen LogP contribution in [0.2, 0.25) is 0 Å². The largest absolute Gasteiger partial charge is 0.472 e. The minimum absolute atomic E-state index is 0.0306. The lowest BCUT2D eigenvalue weighted by Crippen LogP contribution is -2.39. The Morgan fingerprint density at radius 2 is 2.06 bits per heavy atom. The van der Waals surface area contributed by atoms with Crippen LogP contribution in [0.3, 0.4) is 0 Å². The lowest BCUT2D eigenvalue weighted by molar-refractivity contribution is 0.00549. The van der Waals surface area contributed by atoms with Crippen LogP contribution in [0.1, 0.15) is 40.7 Å². The molecule has 7 heteroatoms. The van der Waals surface area contributed by atoms with Gasteiger partial charge in [-0.2, -0.15) is 10.2 Å². The molecule has 1 unspecified atom stereocenters. The van der Waals surface area contributed by atoms with Gasteiger partial charge in [0.15, 0.2) is 0 Å². The number of carbonyl (C=O) groups is 1. The average molecular weight is 431 g/mol. The number of pyridine rings is 1. The van der Waals surface area contributed by atoms with Crippen LogP contribution in [0, 0.1) is 0 Å². The summed E-state index contributed by atoms with van der Waals surface area (Å²) in [5.41, 5.74) is 5.35. The molecule has 1 amide bonds. The van der Waals surface area contributed by atoms with Crippen molar-refractivity contribution in [1.82, 2.24) is 20.5 Å². The summed E-state index contributed by atoms with van der Waals surface area (Å²) in [6, 6.07) is 11.9. The van der Waals surface area contributed by atoms with Crippen LogP contribution in [0.5, 0.6) is 5.88 Å². The maximum Gasteiger partial charge on any atom is 0.253 e. The van der Waals surface area contributed by atoms with Gasteiger partial charge in [0.1, 0.15) is 6.10 Å². The molecule has 5 rings (SSSR count). The van der Waals surface area contributed by atoms with Gasteiger partial charge in [0, 0.05) is 30.5 Å². The Hall–Kier alpha value is -3.32. The number of benzene rings is 1. The molecule has 2 aliphatic rings. The number of fused-ring (bicyclic) bond motifs is 1. The molecule has 0 radical (unpaired) electrons. The number of aryl methyl sites for hydroxylation is 1. The number of hydrogen-bond acceptors (Lipinski definition) is 6. The fraction of sp³-hybridized carbons (Fsp3) is 0.360. The van der Waals surface area contributed by atoms with E-state index in [1.807, 2.05) is 6.07 Å². The van der Waals surface area contributed by atoms with Crippen molar-refractivity contribution in [2.75, 3.05) is 13.2 Å². The summed E-state index contributed by atoms with van der Waals surface area (Å²) in [6.07, 6.45) is 9.69. The summed E-state index contributed by atoms with van der Waals surface area (Å²) in [6.45, 7) is 1.38. The van der Waals surface area contributed by atoms with Crippen molar-refractivity contribution < 1.29 is 14.3 Å². The molecule has 0 bridgehead atoms. The maximum absolute atomic E-state index is 12.9. The van der Waals surface area contributed by atoms with Crippen molar-refractivity contribution in [3.05, 3.63) is 71.7 Å². The van der Waals surface area contributed by atoms with Crippen LogP contribution < -0.4 is 10.1 Å². The molecule has 0 saturated carbocycles. The highest BCUT2D eigenvalue weighted by Crippen LogP contribution is 2.31. The first-order chi connectivity index (χ1) is 15.8. The third-order valence-electron chi connectivity index (χ3n) is 6.12. The fourth-order valence-electron chi connectivity index (χ4n) is 4.46. The molecular formula is C25H26N4O3. The maximum atomic E-state index is 12.9. The van der Waals surface area contributed by atoms with E-state index in [1.165, 1.54) is 11.1 Å². The van der Waals surface area contributed by atoms with Crippen molar-refractivity contribution in [3.63, 3.8) is 0 Å². The van der Waals surface area contributed by atoms with E-state index in [0.717, 1.165) is 49.8 Å². The standard InChI is InChI=1S/C25H26N4O3/c30-25(19-7-9-24(26-14-19)32-21-4-2-12-31-16-21)29-20-8-6-17-3-1-5-22(23(17)13-20)18-10-11-27-28-15-18/h1,3,5,7,9-11,14-15,20-21H,2,4,6,8,12-13,16H2,(H,29,30)/t20-,21?/m1/s1. The van der Waals surface area contributed by atoms with E-state index in [9.17, 15) is 4.79 Å².